The molecule has 1 aliphatic heterocycles. The van der Waals surface area contributed by atoms with Crippen molar-refractivity contribution >= 4 is 11.4 Å². The summed E-state index contributed by atoms with van der Waals surface area (Å²) in [5.41, 5.74) is 3.96. The molecule has 0 fully saturated rings. The minimum atomic E-state index is 0.338. The van der Waals surface area contributed by atoms with Gasteiger partial charge in [-0.05, 0) is 43.5 Å². The number of fused-ring (bicyclic) bond motifs is 1. The fourth-order valence-corrected chi connectivity index (χ4v) is 2.76. The summed E-state index contributed by atoms with van der Waals surface area (Å²) in [6.45, 7) is 5.60. The number of anilines is 2. The number of methoxy groups -OCH3 is 2. The van der Waals surface area contributed by atoms with Crippen LogP contribution in [0.2, 0.25) is 0 Å². The van der Waals surface area contributed by atoms with Crippen LogP contribution >= 0.6 is 0 Å². The largest absolute Gasteiger partial charge is 0.385 e. The molecule has 0 saturated carbocycles. The van der Waals surface area contributed by atoms with Crippen molar-refractivity contribution in [1.29, 1.82) is 0 Å². The molecule has 1 heterocycles. The third-order valence-corrected chi connectivity index (χ3v) is 3.84. The van der Waals surface area contributed by atoms with E-state index in [1.165, 1.54) is 23.4 Å². The first-order chi connectivity index (χ1) is 9.76. The maximum absolute atomic E-state index is 5.30. The van der Waals surface area contributed by atoms with Crippen LogP contribution in [0.15, 0.2) is 18.2 Å². The fraction of sp³-hybridized carbons (Fsp3) is 0.625. The first-order valence-corrected chi connectivity index (χ1v) is 7.37. The van der Waals surface area contributed by atoms with Gasteiger partial charge in [0.2, 0.25) is 0 Å². The number of nitrogens with zero attached hydrogens (tertiary/aromatic N) is 1. The minimum absolute atomic E-state index is 0.338. The van der Waals surface area contributed by atoms with E-state index in [0.717, 1.165) is 32.7 Å². The van der Waals surface area contributed by atoms with E-state index in [9.17, 15) is 0 Å². The zero-order chi connectivity index (χ0) is 14.4. The summed E-state index contributed by atoms with van der Waals surface area (Å²) in [6, 6.07) is 7.04. The summed E-state index contributed by atoms with van der Waals surface area (Å²) in [6.07, 6.45) is 2.37. The van der Waals surface area contributed by atoms with Crippen molar-refractivity contribution in [3.8, 4) is 0 Å². The predicted octanol–water partition coefficient (Wildman–Crippen LogP) is 2.53. The number of hydrogen-bond donors (Lipinski definition) is 1. The molecule has 0 aliphatic carbocycles. The molecular weight excluding hydrogens is 252 g/mol. The molecule has 1 unspecified atom stereocenters. The third kappa shape index (κ3) is 3.64. The summed E-state index contributed by atoms with van der Waals surface area (Å²) >= 11 is 0. The average molecular weight is 278 g/mol. The number of hydrogen-bond acceptors (Lipinski definition) is 4. The quantitative estimate of drug-likeness (QED) is 0.831. The maximum Gasteiger partial charge on any atom is 0.0663 e. The molecule has 112 valence electrons. The summed E-state index contributed by atoms with van der Waals surface area (Å²) in [4.78, 5) is 2.36. The molecule has 0 bridgehead atoms. The molecular formula is C16H26N2O2. The van der Waals surface area contributed by atoms with E-state index in [1.807, 2.05) is 0 Å². The lowest BCUT2D eigenvalue weighted by Crippen LogP contribution is -2.38. The van der Waals surface area contributed by atoms with Gasteiger partial charge in [0.25, 0.3) is 0 Å². The molecule has 20 heavy (non-hydrogen) atoms. The van der Waals surface area contributed by atoms with Crippen LogP contribution in [-0.2, 0) is 15.9 Å². The first-order valence-electron chi connectivity index (χ1n) is 7.37. The van der Waals surface area contributed by atoms with E-state index < -0.39 is 0 Å². The monoisotopic (exact) mass is 278 g/mol. The highest BCUT2D eigenvalue weighted by Gasteiger charge is 2.17. The van der Waals surface area contributed by atoms with Crippen LogP contribution in [0.1, 0.15) is 18.9 Å². The van der Waals surface area contributed by atoms with Gasteiger partial charge in [0.15, 0.2) is 0 Å². The van der Waals surface area contributed by atoms with E-state index in [-0.39, 0.29) is 0 Å². The highest BCUT2D eigenvalue weighted by atomic mass is 16.5. The van der Waals surface area contributed by atoms with Crippen molar-refractivity contribution in [3.05, 3.63) is 23.8 Å². The normalized spacial score (nSPS) is 15.3. The van der Waals surface area contributed by atoms with E-state index >= 15 is 0 Å². The topological polar surface area (TPSA) is 33.7 Å². The molecule has 1 atom stereocenters. The highest BCUT2D eigenvalue weighted by molar-refractivity contribution is 5.62. The van der Waals surface area contributed by atoms with Gasteiger partial charge in [-0.3, -0.25) is 0 Å². The average Bonchev–Trinajstić information content (AvgIpc) is 2.48. The lowest BCUT2D eigenvalue weighted by atomic mass is 10.0. The van der Waals surface area contributed by atoms with Crippen molar-refractivity contribution in [1.82, 2.24) is 0 Å². The highest BCUT2D eigenvalue weighted by Crippen LogP contribution is 2.28. The minimum Gasteiger partial charge on any atom is -0.385 e. The van der Waals surface area contributed by atoms with Gasteiger partial charge in [-0.2, -0.15) is 0 Å². The Bertz CT molecular complexity index is 423. The molecule has 0 spiro atoms. The number of ether oxygens (including phenoxy) is 2. The van der Waals surface area contributed by atoms with Crippen LogP contribution in [0.4, 0.5) is 11.4 Å². The molecule has 0 aromatic heterocycles. The summed E-state index contributed by atoms with van der Waals surface area (Å²) in [7, 11) is 3.50. The van der Waals surface area contributed by atoms with E-state index in [2.05, 4.69) is 35.3 Å². The first kappa shape index (κ1) is 15.1. The molecule has 0 saturated heterocycles. The van der Waals surface area contributed by atoms with E-state index in [1.54, 1.807) is 14.2 Å². The molecule has 4 heteroatoms. The predicted molar refractivity (Wildman–Crippen MR) is 83.8 cm³/mol. The SMILES string of the molecule is COCCN(c1ccc2c(c1)CCCN2)C(C)COC. The van der Waals surface area contributed by atoms with Crippen LogP contribution in [0.3, 0.4) is 0 Å². The molecule has 1 aliphatic rings. The van der Waals surface area contributed by atoms with Gasteiger partial charge < -0.3 is 19.7 Å². The second-order valence-electron chi connectivity index (χ2n) is 5.36. The van der Waals surface area contributed by atoms with Crippen molar-refractivity contribution < 1.29 is 9.47 Å². The van der Waals surface area contributed by atoms with Crippen molar-refractivity contribution in [2.24, 2.45) is 0 Å². The lowest BCUT2D eigenvalue weighted by molar-refractivity contribution is 0.171. The Hall–Kier alpha value is -1.26. The van der Waals surface area contributed by atoms with Gasteiger partial charge in [-0.15, -0.1) is 0 Å². The number of rotatable bonds is 7. The van der Waals surface area contributed by atoms with Crippen molar-refractivity contribution in [2.75, 3.05) is 50.7 Å². The Kier molecular flexibility index (Phi) is 5.68. The number of benzene rings is 1. The van der Waals surface area contributed by atoms with Crippen molar-refractivity contribution in [2.45, 2.75) is 25.8 Å². The van der Waals surface area contributed by atoms with Gasteiger partial charge in [0.05, 0.1) is 13.2 Å². The van der Waals surface area contributed by atoms with Gasteiger partial charge in [-0.25, -0.2) is 0 Å². The third-order valence-electron chi connectivity index (χ3n) is 3.84. The van der Waals surface area contributed by atoms with Crippen molar-refractivity contribution in [3.63, 3.8) is 0 Å². The van der Waals surface area contributed by atoms with Crippen LogP contribution in [-0.4, -0.2) is 46.6 Å². The van der Waals surface area contributed by atoms with E-state index in [4.69, 9.17) is 9.47 Å². The summed E-state index contributed by atoms with van der Waals surface area (Å²) in [5, 5.41) is 3.46. The lowest BCUT2D eigenvalue weighted by Gasteiger charge is -2.32. The Morgan fingerprint density at radius 1 is 1.30 bits per heavy atom. The number of nitrogens with one attached hydrogen (secondary N) is 1. The van der Waals surface area contributed by atoms with Gasteiger partial charge in [0, 0.05) is 44.7 Å². The zero-order valence-corrected chi connectivity index (χ0v) is 12.8. The van der Waals surface area contributed by atoms with Gasteiger partial charge in [-0.1, -0.05) is 0 Å². The van der Waals surface area contributed by atoms with Gasteiger partial charge >= 0.3 is 0 Å². The molecule has 0 amide bonds. The Morgan fingerprint density at radius 2 is 2.15 bits per heavy atom. The molecule has 1 N–H and O–H groups in total. The summed E-state index contributed by atoms with van der Waals surface area (Å²) in [5.74, 6) is 0. The molecule has 1 aromatic rings. The Labute approximate surface area is 122 Å². The Morgan fingerprint density at radius 3 is 2.90 bits per heavy atom. The second kappa shape index (κ2) is 7.50. The second-order valence-corrected chi connectivity index (χ2v) is 5.36. The zero-order valence-electron chi connectivity index (χ0n) is 12.8. The standard InChI is InChI=1S/C16H26N2O2/c1-13(12-20-3)18(9-10-19-2)15-6-7-16-14(11-15)5-4-8-17-16/h6-7,11,13,17H,4-5,8-10,12H2,1-3H3. The smallest absolute Gasteiger partial charge is 0.0663 e. The number of aryl methyl sites for hydroxylation is 1. The maximum atomic E-state index is 5.30. The van der Waals surface area contributed by atoms with Crippen LogP contribution in [0, 0.1) is 0 Å². The van der Waals surface area contributed by atoms with E-state index in [0.29, 0.717) is 6.04 Å². The van der Waals surface area contributed by atoms with Crippen LogP contribution in [0.5, 0.6) is 0 Å². The fourth-order valence-electron chi connectivity index (χ4n) is 2.76. The Balaban J connectivity index is 2.18. The molecule has 1 aromatic carbocycles. The van der Waals surface area contributed by atoms with Crippen LogP contribution in [0.25, 0.3) is 0 Å². The van der Waals surface area contributed by atoms with Gasteiger partial charge in [0.1, 0.15) is 0 Å². The van der Waals surface area contributed by atoms with Crippen LogP contribution < -0.4 is 10.2 Å². The molecule has 2 rings (SSSR count). The molecule has 4 nitrogen and oxygen atoms in total. The molecule has 0 radical (unpaired) electrons. The summed E-state index contributed by atoms with van der Waals surface area (Å²) < 4.78 is 10.5.